The Kier molecular flexibility index (Phi) is 7.26. The Labute approximate surface area is 239 Å². The minimum atomic E-state index is -4.23. The van der Waals surface area contributed by atoms with E-state index in [0.717, 1.165) is 15.4 Å². The summed E-state index contributed by atoms with van der Waals surface area (Å²) in [7, 11) is -4.23. The number of carbonyl (C=O) groups is 2. The Morgan fingerprint density at radius 1 is 0.683 bits per heavy atom. The summed E-state index contributed by atoms with van der Waals surface area (Å²) in [6.45, 7) is 1.34. The molecule has 8 heteroatoms. The first-order chi connectivity index (χ1) is 19.9. The minimum absolute atomic E-state index is 0.0222. The highest BCUT2D eigenvalue weighted by Gasteiger charge is 2.42. The van der Waals surface area contributed by atoms with E-state index in [9.17, 15) is 18.0 Å². The maximum Gasteiger partial charge on any atom is 0.265 e. The molecule has 0 unspecified atom stereocenters. The lowest BCUT2D eigenvalue weighted by atomic mass is 10.00. The number of fused-ring (bicyclic) bond motifs is 1. The molecular formula is C33H28N2O5S. The van der Waals surface area contributed by atoms with Crippen molar-refractivity contribution in [3.05, 3.63) is 132 Å². The van der Waals surface area contributed by atoms with Gasteiger partial charge in [-0.2, -0.15) is 0 Å². The highest BCUT2D eigenvalue weighted by atomic mass is 32.2. The molecular weight excluding hydrogens is 536 g/mol. The molecule has 2 aliphatic rings. The summed E-state index contributed by atoms with van der Waals surface area (Å²) in [5.74, 6) is -0.871. The molecule has 0 aliphatic carbocycles. The van der Waals surface area contributed by atoms with Gasteiger partial charge in [0.15, 0.2) is 5.78 Å². The average molecular weight is 565 g/mol. The number of morpholine rings is 1. The largest absolute Gasteiger partial charge is 0.378 e. The highest BCUT2D eigenvalue weighted by molar-refractivity contribution is 7.89. The Hall–Kier alpha value is -4.53. The monoisotopic (exact) mass is 564 g/mol. The van der Waals surface area contributed by atoms with Gasteiger partial charge in [-0.25, -0.2) is 8.42 Å². The zero-order valence-corrected chi connectivity index (χ0v) is 23.1. The molecule has 0 saturated carbocycles. The first-order valence-corrected chi connectivity index (χ1v) is 14.9. The normalized spacial score (nSPS) is 16.3. The average Bonchev–Trinajstić information content (AvgIpc) is 3.03. The molecule has 1 fully saturated rings. The molecule has 6 rings (SSSR count). The molecule has 206 valence electrons. The number of benzene rings is 4. The fraction of sp³-hybridized carbons (Fsp3) is 0.152. The van der Waals surface area contributed by atoms with Crippen LogP contribution in [-0.2, 0) is 14.8 Å². The van der Waals surface area contributed by atoms with Gasteiger partial charge in [0.2, 0.25) is 5.78 Å². The summed E-state index contributed by atoms with van der Waals surface area (Å²) in [5, 5.41) is 0. The lowest BCUT2D eigenvalue weighted by Gasteiger charge is -2.39. The van der Waals surface area contributed by atoms with Crippen LogP contribution >= 0.6 is 0 Å². The summed E-state index contributed by atoms with van der Waals surface area (Å²) in [4.78, 5) is 29.9. The van der Waals surface area contributed by atoms with Crippen LogP contribution in [0.4, 0.5) is 0 Å². The van der Waals surface area contributed by atoms with E-state index in [1.54, 1.807) is 60.7 Å². The van der Waals surface area contributed by atoms with E-state index >= 15 is 0 Å². The van der Waals surface area contributed by atoms with Crippen LogP contribution in [-0.4, -0.2) is 62.0 Å². The van der Waals surface area contributed by atoms with Gasteiger partial charge in [0.1, 0.15) is 5.70 Å². The number of rotatable bonds is 7. The fourth-order valence-corrected chi connectivity index (χ4v) is 6.92. The van der Waals surface area contributed by atoms with Gasteiger partial charge in [-0.3, -0.25) is 13.9 Å². The topological polar surface area (TPSA) is 84.0 Å². The summed E-state index contributed by atoms with van der Waals surface area (Å²) < 4.78 is 34.8. The van der Waals surface area contributed by atoms with E-state index in [1.165, 1.54) is 6.07 Å². The number of allylic oxidation sites excluding steroid dienone is 1. The van der Waals surface area contributed by atoms with Crippen LogP contribution in [0.1, 0.15) is 26.3 Å². The molecule has 0 spiro atoms. The summed E-state index contributed by atoms with van der Waals surface area (Å²) >= 11 is 0. The molecule has 4 aromatic rings. The number of nitrogens with zero attached hydrogens (tertiary/aromatic N) is 2. The standard InChI is InChI=1S/C33H28N2O5S/c36-29(26-17-15-25(16-18-26)24-9-3-1-4-10-24)23-35-32(33(37)27-11-5-2-6-12-27)31(34-19-21-40-22-20-34)28-13-7-8-14-30(28)41(35,38)39/h1-18H,19-23H2. The minimum Gasteiger partial charge on any atom is -0.378 e. The fourth-order valence-electron chi connectivity index (χ4n) is 5.29. The molecule has 0 bridgehead atoms. The summed E-state index contributed by atoms with van der Waals surface area (Å²) in [6, 6.07) is 32.1. The number of sulfonamides is 1. The van der Waals surface area contributed by atoms with Crippen molar-refractivity contribution in [2.45, 2.75) is 4.90 Å². The van der Waals surface area contributed by atoms with Crippen molar-refractivity contribution in [2.75, 3.05) is 32.8 Å². The van der Waals surface area contributed by atoms with Crippen LogP contribution in [0.15, 0.2) is 120 Å². The number of hydrogen-bond acceptors (Lipinski definition) is 6. The SMILES string of the molecule is O=C(CN1C(C(=O)c2ccccc2)=C(N2CCOCC2)c2ccccc2S1(=O)=O)c1ccc(-c2ccccc2)cc1. The third-order valence-corrected chi connectivity index (χ3v) is 9.17. The molecule has 4 aromatic carbocycles. The molecule has 0 atom stereocenters. The van der Waals surface area contributed by atoms with E-state index in [-0.39, 0.29) is 10.6 Å². The van der Waals surface area contributed by atoms with E-state index in [1.807, 2.05) is 47.4 Å². The van der Waals surface area contributed by atoms with E-state index in [4.69, 9.17) is 4.74 Å². The molecule has 2 heterocycles. The quantitative estimate of drug-likeness (QED) is 0.290. The van der Waals surface area contributed by atoms with Crippen LogP contribution in [0.3, 0.4) is 0 Å². The van der Waals surface area contributed by atoms with Crippen LogP contribution in [0.2, 0.25) is 0 Å². The smallest absolute Gasteiger partial charge is 0.265 e. The lowest BCUT2D eigenvalue weighted by molar-refractivity contribution is 0.0627. The zero-order chi connectivity index (χ0) is 28.4. The van der Waals surface area contributed by atoms with Crippen LogP contribution in [0.25, 0.3) is 16.8 Å². The third kappa shape index (κ3) is 5.08. The zero-order valence-electron chi connectivity index (χ0n) is 22.3. The summed E-state index contributed by atoms with van der Waals surface area (Å²) in [5.41, 5.74) is 3.58. The number of ether oxygens (including phenoxy) is 1. The molecule has 1 saturated heterocycles. The van der Waals surface area contributed by atoms with Crippen molar-refractivity contribution in [1.29, 1.82) is 0 Å². The van der Waals surface area contributed by atoms with Gasteiger partial charge in [-0.05, 0) is 17.2 Å². The number of ketones is 2. The van der Waals surface area contributed by atoms with Gasteiger partial charge in [-0.1, -0.05) is 103 Å². The van der Waals surface area contributed by atoms with E-state index < -0.39 is 28.1 Å². The Bertz CT molecular complexity index is 1730. The van der Waals surface area contributed by atoms with Crippen LogP contribution in [0.5, 0.6) is 0 Å². The van der Waals surface area contributed by atoms with Crippen molar-refractivity contribution >= 4 is 27.3 Å². The predicted molar refractivity (Wildman–Crippen MR) is 157 cm³/mol. The van der Waals surface area contributed by atoms with Gasteiger partial charge in [0, 0.05) is 29.8 Å². The second kappa shape index (κ2) is 11.2. The van der Waals surface area contributed by atoms with E-state index in [2.05, 4.69) is 0 Å². The Morgan fingerprint density at radius 3 is 1.95 bits per heavy atom. The number of hydrogen-bond donors (Lipinski definition) is 0. The molecule has 0 amide bonds. The molecule has 0 radical (unpaired) electrons. The molecule has 2 aliphatic heterocycles. The maximum atomic E-state index is 14.1. The summed E-state index contributed by atoms with van der Waals surface area (Å²) in [6.07, 6.45) is 0. The number of Topliss-reactive ketones (excluding diaryl/α,β-unsaturated/α-hetero) is 2. The van der Waals surface area contributed by atoms with Gasteiger partial charge < -0.3 is 9.64 Å². The highest BCUT2D eigenvalue weighted by Crippen LogP contribution is 2.40. The van der Waals surface area contributed by atoms with Gasteiger partial charge >= 0.3 is 0 Å². The second-order valence-corrected chi connectivity index (χ2v) is 11.7. The van der Waals surface area contributed by atoms with Crippen LogP contribution < -0.4 is 0 Å². The van der Waals surface area contributed by atoms with Gasteiger partial charge in [0.25, 0.3) is 10.0 Å². The van der Waals surface area contributed by atoms with Crippen molar-refractivity contribution in [1.82, 2.24) is 9.21 Å². The molecule has 0 aromatic heterocycles. The number of carbonyl (C=O) groups excluding carboxylic acids is 2. The van der Waals surface area contributed by atoms with Crippen molar-refractivity contribution in [2.24, 2.45) is 0 Å². The van der Waals surface area contributed by atoms with Crippen LogP contribution in [0, 0.1) is 0 Å². The van der Waals surface area contributed by atoms with Crippen molar-refractivity contribution < 1.29 is 22.7 Å². The van der Waals surface area contributed by atoms with Crippen molar-refractivity contribution in [3.63, 3.8) is 0 Å². The Morgan fingerprint density at radius 2 is 1.27 bits per heavy atom. The molecule has 7 nitrogen and oxygen atoms in total. The Balaban J connectivity index is 1.46. The van der Waals surface area contributed by atoms with Crippen molar-refractivity contribution in [3.8, 4) is 11.1 Å². The molecule has 0 N–H and O–H groups in total. The maximum absolute atomic E-state index is 14.1. The first kappa shape index (κ1) is 26.7. The van der Waals surface area contributed by atoms with Gasteiger partial charge in [0.05, 0.1) is 30.4 Å². The molecule has 41 heavy (non-hydrogen) atoms. The van der Waals surface area contributed by atoms with Gasteiger partial charge in [-0.15, -0.1) is 0 Å². The third-order valence-electron chi connectivity index (χ3n) is 7.36. The first-order valence-electron chi connectivity index (χ1n) is 13.4. The predicted octanol–water partition coefficient (Wildman–Crippen LogP) is 5.12. The van der Waals surface area contributed by atoms with E-state index in [0.29, 0.717) is 48.7 Å². The second-order valence-electron chi connectivity index (χ2n) is 9.87. The lowest BCUT2D eigenvalue weighted by Crippen LogP contribution is -2.45.